The Balaban J connectivity index is 1.89. The van der Waals surface area contributed by atoms with Crippen LogP contribution in [-0.2, 0) is 11.3 Å². The molecule has 1 saturated heterocycles. The summed E-state index contributed by atoms with van der Waals surface area (Å²) in [5, 5.41) is 11.1. The third-order valence-electron chi connectivity index (χ3n) is 4.45. The van der Waals surface area contributed by atoms with E-state index in [1.807, 2.05) is 6.92 Å². The Bertz CT molecular complexity index is 861. The fraction of sp³-hybridized carbons (Fsp3) is 0.438. The first-order valence-corrected chi connectivity index (χ1v) is 7.90. The molecule has 1 aromatic carbocycles. The minimum absolute atomic E-state index is 0.0664. The summed E-state index contributed by atoms with van der Waals surface area (Å²) in [4.78, 5) is 41.1. The normalized spacial score (nSPS) is 17.9. The predicted molar refractivity (Wildman–Crippen MR) is 87.7 cm³/mol. The quantitative estimate of drug-likeness (QED) is 0.630. The fourth-order valence-electron chi connectivity index (χ4n) is 3.08. The second-order valence-electron chi connectivity index (χ2n) is 6.07. The number of benzene rings is 1. The molecule has 0 unspecified atom stereocenters. The number of nitrogens with zero attached hydrogens (tertiary/aromatic N) is 4. The minimum atomic E-state index is -0.534. The van der Waals surface area contributed by atoms with Crippen LogP contribution in [0.5, 0.6) is 0 Å². The van der Waals surface area contributed by atoms with Gasteiger partial charge in [0.25, 0.3) is 11.2 Å². The van der Waals surface area contributed by atoms with Crippen LogP contribution >= 0.6 is 0 Å². The molecule has 126 valence electrons. The van der Waals surface area contributed by atoms with Crippen molar-refractivity contribution < 1.29 is 9.72 Å². The molecule has 0 spiro atoms. The molecule has 8 heteroatoms. The summed E-state index contributed by atoms with van der Waals surface area (Å²) in [5.74, 6) is -0.104. The lowest BCUT2D eigenvalue weighted by Crippen LogP contribution is -2.44. The second kappa shape index (κ2) is 6.38. The van der Waals surface area contributed by atoms with Crippen molar-refractivity contribution >= 4 is 22.5 Å². The van der Waals surface area contributed by atoms with Crippen molar-refractivity contribution in [2.24, 2.45) is 0 Å². The van der Waals surface area contributed by atoms with Gasteiger partial charge in [0.15, 0.2) is 0 Å². The molecule has 2 heterocycles. The number of nitro benzene ring substituents is 1. The van der Waals surface area contributed by atoms with Gasteiger partial charge in [-0.05, 0) is 32.3 Å². The first-order valence-electron chi connectivity index (χ1n) is 7.90. The molecule has 1 aromatic heterocycles. The number of carbonyl (C=O) groups is 1. The van der Waals surface area contributed by atoms with Gasteiger partial charge in [-0.2, -0.15) is 0 Å². The van der Waals surface area contributed by atoms with E-state index < -0.39 is 4.92 Å². The van der Waals surface area contributed by atoms with Crippen LogP contribution in [0.15, 0.2) is 29.3 Å². The van der Waals surface area contributed by atoms with E-state index >= 15 is 0 Å². The molecule has 1 amide bonds. The molecular weight excluding hydrogens is 312 g/mol. The summed E-state index contributed by atoms with van der Waals surface area (Å²) in [6, 6.07) is 4.09. The number of hydrogen-bond donors (Lipinski definition) is 0. The molecule has 1 atom stereocenters. The number of piperidine rings is 1. The van der Waals surface area contributed by atoms with Crippen LogP contribution in [0.2, 0.25) is 0 Å². The maximum Gasteiger partial charge on any atom is 0.271 e. The monoisotopic (exact) mass is 330 g/mol. The summed E-state index contributed by atoms with van der Waals surface area (Å²) in [5.41, 5.74) is -0.234. The Morgan fingerprint density at radius 2 is 2.21 bits per heavy atom. The molecule has 0 aliphatic carbocycles. The smallest absolute Gasteiger partial charge is 0.271 e. The first-order chi connectivity index (χ1) is 11.5. The van der Waals surface area contributed by atoms with Gasteiger partial charge < -0.3 is 4.90 Å². The largest absolute Gasteiger partial charge is 0.338 e. The van der Waals surface area contributed by atoms with E-state index in [9.17, 15) is 19.7 Å². The van der Waals surface area contributed by atoms with Crippen LogP contribution in [-0.4, -0.2) is 37.9 Å². The van der Waals surface area contributed by atoms with Gasteiger partial charge in [-0.3, -0.25) is 24.3 Å². The lowest BCUT2D eigenvalue weighted by Gasteiger charge is -2.33. The van der Waals surface area contributed by atoms with Gasteiger partial charge in [0, 0.05) is 24.7 Å². The zero-order valence-electron chi connectivity index (χ0n) is 13.3. The summed E-state index contributed by atoms with van der Waals surface area (Å²) in [7, 11) is 0. The van der Waals surface area contributed by atoms with Gasteiger partial charge >= 0.3 is 0 Å². The maximum atomic E-state index is 12.5. The molecular formula is C16H18N4O4. The minimum Gasteiger partial charge on any atom is -0.338 e. The van der Waals surface area contributed by atoms with Crippen LogP contribution < -0.4 is 5.56 Å². The van der Waals surface area contributed by atoms with Gasteiger partial charge in [0.1, 0.15) is 6.54 Å². The van der Waals surface area contributed by atoms with Gasteiger partial charge in [0.05, 0.1) is 22.2 Å². The number of hydrogen-bond acceptors (Lipinski definition) is 5. The van der Waals surface area contributed by atoms with Gasteiger partial charge in [-0.1, -0.05) is 0 Å². The third kappa shape index (κ3) is 2.99. The highest BCUT2D eigenvalue weighted by Crippen LogP contribution is 2.18. The van der Waals surface area contributed by atoms with Crippen molar-refractivity contribution in [3.63, 3.8) is 0 Å². The standard InChI is InChI=1S/C16H18N4O4/c1-11-4-2-3-7-19(11)15(21)9-18-10-17-14-8-12(20(23)24)5-6-13(14)16(18)22/h5-6,8,10-11H,2-4,7,9H2,1H3/t11-/m0/s1. The molecule has 0 saturated carbocycles. The number of likely N-dealkylation sites (tertiary alicyclic amines) is 1. The summed E-state index contributed by atoms with van der Waals surface area (Å²) >= 11 is 0. The fourth-order valence-corrected chi connectivity index (χ4v) is 3.08. The summed E-state index contributed by atoms with van der Waals surface area (Å²) in [6.07, 6.45) is 4.34. The molecule has 8 nitrogen and oxygen atoms in total. The molecule has 1 aliphatic rings. The molecule has 3 rings (SSSR count). The molecule has 1 aliphatic heterocycles. The highest BCUT2D eigenvalue weighted by molar-refractivity contribution is 5.81. The van der Waals surface area contributed by atoms with Crippen molar-refractivity contribution in [2.75, 3.05) is 6.54 Å². The van der Waals surface area contributed by atoms with Crippen molar-refractivity contribution in [3.8, 4) is 0 Å². The molecule has 24 heavy (non-hydrogen) atoms. The molecule has 0 N–H and O–H groups in total. The molecule has 0 bridgehead atoms. The van der Waals surface area contributed by atoms with Crippen LogP contribution in [0.3, 0.4) is 0 Å². The average Bonchev–Trinajstić information content (AvgIpc) is 2.57. The second-order valence-corrected chi connectivity index (χ2v) is 6.07. The van der Waals surface area contributed by atoms with Gasteiger partial charge in [-0.25, -0.2) is 4.98 Å². The number of nitro groups is 1. The number of carbonyl (C=O) groups excluding carboxylic acids is 1. The lowest BCUT2D eigenvalue weighted by atomic mass is 10.0. The number of rotatable bonds is 3. The van der Waals surface area contributed by atoms with Crippen LogP contribution in [0.1, 0.15) is 26.2 Å². The maximum absolute atomic E-state index is 12.5. The SMILES string of the molecule is C[C@H]1CCCCN1C(=O)Cn1cnc2cc([N+](=O)[O-])ccc2c1=O. The van der Waals surface area contributed by atoms with Crippen molar-refractivity contribution in [1.29, 1.82) is 0 Å². The van der Waals surface area contributed by atoms with Crippen molar-refractivity contribution in [3.05, 3.63) is 45.0 Å². The Kier molecular flexibility index (Phi) is 4.28. The molecule has 1 fully saturated rings. The number of amides is 1. The number of fused-ring (bicyclic) bond motifs is 1. The highest BCUT2D eigenvalue weighted by Gasteiger charge is 2.23. The highest BCUT2D eigenvalue weighted by atomic mass is 16.6. The zero-order chi connectivity index (χ0) is 17.3. The molecule has 0 radical (unpaired) electrons. The summed E-state index contributed by atoms with van der Waals surface area (Å²) < 4.78 is 1.26. The van der Waals surface area contributed by atoms with E-state index in [4.69, 9.17) is 0 Å². The third-order valence-corrected chi connectivity index (χ3v) is 4.45. The topological polar surface area (TPSA) is 98.3 Å². The average molecular weight is 330 g/mol. The van der Waals surface area contributed by atoms with Gasteiger partial charge in [0.2, 0.25) is 5.91 Å². The number of non-ortho nitro benzene ring substituents is 1. The van der Waals surface area contributed by atoms with Gasteiger partial charge in [-0.15, -0.1) is 0 Å². The molecule has 2 aromatic rings. The van der Waals surface area contributed by atoms with Crippen molar-refractivity contribution in [2.45, 2.75) is 38.8 Å². The van der Waals surface area contributed by atoms with E-state index in [2.05, 4.69) is 4.98 Å². The number of aromatic nitrogens is 2. The van der Waals surface area contributed by atoms with E-state index in [0.29, 0.717) is 6.54 Å². The Morgan fingerprint density at radius 1 is 1.42 bits per heavy atom. The van der Waals surface area contributed by atoms with Crippen molar-refractivity contribution in [1.82, 2.24) is 14.5 Å². The summed E-state index contributed by atoms with van der Waals surface area (Å²) in [6.45, 7) is 2.66. The van der Waals surface area contributed by atoms with Crippen LogP contribution in [0.25, 0.3) is 10.9 Å². The van der Waals surface area contributed by atoms with E-state index in [1.54, 1.807) is 4.90 Å². The Labute approximate surface area is 137 Å². The zero-order valence-corrected chi connectivity index (χ0v) is 13.3. The van der Waals surface area contributed by atoms with E-state index in [-0.39, 0.29) is 40.6 Å². The van der Waals surface area contributed by atoms with Crippen LogP contribution in [0.4, 0.5) is 5.69 Å². The first kappa shape index (κ1) is 16.1. The van der Waals surface area contributed by atoms with Crippen LogP contribution in [0, 0.1) is 10.1 Å². The Morgan fingerprint density at radius 3 is 2.92 bits per heavy atom. The Hall–Kier alpha value is -2.77. The van der Waals surface area contributed by atoms with E-state index in [1.165, 1.54) is 29.1 Å². The lowest BCUT2D eigenvalue weighted by molar-refractivity contribution is -0.384. The van der Waals surface area contributed by atoms with E-state index in [0.717, 1.165) is 19.3 Å². The predicted octanol–water partition coefficient (Wildman–Crippen LogP) is 1.71.